The molecule has 0 saturated carbocycles. The van der Waals surface area contributed by atoms with Crippen LogP contribution in [0.2, 0.25) is 0 Å². The molecule has 0 aromatic heterocycles. The van der Waals surface area contributed by atoms with Gasteiger partial charge in [-0.1, -0.05) is 19.1 Å². The summed E-state index contributed by atoms with van der Waals surface area (Å²) in [5.74, 6) is -2.84. The summed E-state index contributed by atoms with van der Waals surface area (Å²) < 4.78 is 12.2. The summed E-state index contributed by atoms with van der Waals surface area (Å²) in [4.78, 5) is 44.5. The van der Waals surface area contributed by atoms with Gasteiger partial charge in [0.05, 0.1) is 30.8 Å². The molecule has 1 N–H and O–H groups in total. The first-order chi connectivity index (χ1) is 15.8. The monoisotopic (exact) mass is 476 g/mol. The van der Waals surface area contributed by atoms with Crippen molar-refractivity contribution in [3.8, 4) is 0 Å². The number of hydrogen-bond acceptors (Lipinski definition) is 6. The molecule has 2 amide bonds. The number of ether oxygens (including phenoxy) is 2. The summed E-state index contributed by atoms with van der Waals surface area (Å²) in [6.07, 6.45) is 4.29. The third kappa shape index (κ3) is 3.79. The maximum Gasteiger partial charge on any atom is 0.312 e. The zero-order valence-corrected chi connectivity index (χ0v) is 21.4. The Morgan fingerprint density at radius 2 is 2.00 bits per heavy atom. The fraction of sp³-hybridized carbons (Fsp3) is 0.731. The minimum absolute atomic E-state index is 0.0734. The van der Waals surface area contributed by atoms with Crippen molar-refractivity contribution in [3.05, 3.63) is 25.3 Å². The van der Waals surface area contributed by atoms with Crippen LogP contribution >= 0.6 is 0 Å². The molecule has 3 aliphatic heterocycles. The standard InChI is InChI=1S/C26H40N2O6/c1-9-11-13-33-23(32)19-18-21(30)28(17(4)15-29)20(22(31)27(12-10-2)24(5,6)7)26(18)14-16(3)25(19,8)34-26/h9-10,16-20,29H,1-2,11-15H2,3-8H3/t16?,17-,18+,19+,20?,25-,26?/m1/s1. The molecule has 7 atom stereocenters. The van der Waals surface area contributed by atoms with Gasteiger partial charge in [0.2, 0.25) is 11.8 Å². The van der Waals surface area contributed by atoms with Gasteiger partial charge in [0.1, 0.15) is 17.6 Å². The molecule has 3 aliphatic rings. The van der Waals surface area contributed by atoms with Gasteiger partial charge >= 0.3 is 5.97 Å². The molecule has 2 bridgehead atoms. The lowest BCUT2D eigenvalue weighted by Gasteiger charge is -2.43. The average molecular weight is 477 g/mol. The van der Waals surface area contributed by atoms with Gasteiger partial charge in [0.15, 0.2) is 0 Å². The lowest BCUT2D eigenvalue weighted by molar-refractivity contribution is -0.164. The van der Waals surface area contributed by atoms with Gasteiger partial charge in [-0.05, 0) is 53.4 Å². The zero-order valence-electron chi connectivity index (χ0n) is 21.4. The molecule has 0 aromatic carbocycles. The van der Waals surface area contributed by atoms with Crippen LogP contribution in [-0.4, -0.2) is 81.3 Å². The minimum atomic E-state index is -1.17. The number of amides is 2. The normalized spacial score (nSPS) is 35.1. The van der Waals surface area contributed by atoms with Gasteiger partial charge in [-0.2, -0.15) is 0 Å². The van der Waals surface area contributed by atoms with E-state index in [9.17, 15) is 19.5 Å². The number of aliphatic hydroxyl groups is 1. The van der Waals surface area contributed by atoms with Gasteiger partial charge in [-0.25, -0.2) is 0 Å². The van der Waals surface area contributed by atoms with Gasteiger partial charge < -0.3 is 24.4 Å². The third-order valence-electron chi connectivity index (χ3n) is 7.93. The van der Waals surface area contributed by atoms with Crippen LogP contribution in [0, 0.1) is 17.8 Å². The van der Waals surface area contributed by atoms with Crippen LogP contribution in [0.4, 0.5) is 0 Å². The molecule has 3 rings (SSSR count). The summed E-state index contributed by atoms with van der Waals surface area (Å²) in [6, 6.07) is -1.57. The summed E-state index contributed by atoms with van der Waals surface area (Å²) in [6.45, 7) is 19.0. The number of likely N-dealkylation sites (tertiary alicyclic amines) is 1. The number of aliphatic hydroxyl groups excluding tert-OH is 1. The summed E-state index contributed by atoms with van der Waals surface area (Å²) in [5, 5.41) is 9.99. The van der Waals surface area contributed by atoms with E-state index in [0.29, 0.717) is 19.4 Å². The predicted molar refractivity (Wildman–Crippen MR) is 128 cm³/mol. The van der Waals surface area contributed by atoms with E-state index in [2.05, 4.69) is 13.2 Å². The van der Waals surface area contributed by atoms with Gasteiger partial charge in [-0.15, -0.1) is 13.2 Å². The number of carbonyl (C=O) groups is 3. The molecule has 0 aromatic rings. The molecule has 0 radical (unpaired) electrons. The van der Waals surface area contributed by atoms with Crippen molar-refractivity contribution >= 4 is 17.8 Å². The lowest BCUT2D eigenvalue weighted by atomic mass is 9.62. The number of fused-ring (bicyclic) bond motifs is 1. The Bertz CT molecular complexity index is 866. The highest BCUT2D eigenvalue weighted by molar-refractivity contribution is 5.99. The fourth-order valence-corrected chi connectivity index (χ4v) is 6.18. The van der Waals surface area contributed by atoms with E-state index in [4.69, 9.17) is 9.47 Å². The molecule has 3 fully saturated rings. The molecule has 190 valence electrons. The van der Waals surface area contributed by atoms with Crippen molar-refractivity contribution in [2.75, 3.05) is 19.8 Å². The van der Waals surface area contributed by atoms with E-state index >= 15 is 0 Å². The van der Waals surface area contributed by atoms with Crippen LogP contribution in [0.15, 0.2) is 25.3 Å². The Balaban J connectivity index is 2.13. The second-order valence-corrected chi connectivity index (χ2v) is 11.1. The summed E-state index contributed by atoms with van der Waals surface area (Å²) in [7, 11) is 0. The summed E-state index contributed by atoms with van der Waals surface area (Å²) >= 11 is 0. The molecule has 8 nitrogen and oxygen atoms in total. The molecule has 8 heteroatoms. The fourth-order valence-electron chi connectivity index (χ4n) is 6.18. The van der Waals surface area contributed by atoms with Crippen LogP contribution in [0.25, 0.3) is 0 Å². The summed E-state index contributed by atoms with van der Waals surface area (Å²) in [5.41, 5.74) is -2.63. The Kier molecular flexibility index (Phi) is 7.08. The Hall–Kier alpha value is -2.19. The maximum absolute atomic E-state index is 14.2. The molecular formula is C26H40N2O6. The molecule has 1 spiro atoms. The highest BCUT2D eigenvalue weighted by Crippen LogP contribution is 2.65. The zero-order chi connectivity index (χ0) is 25.6. The predicted octanol–water partition coefficient (Wildman–Crippen LogP) is 2.31. The number of esters is 1. The van der Waals surface area contributed by atoms with Crippen LogP contribution in [0.5, 0.6) is 0 Å². The average Bonchev–Trinajstić information content (AvgIpc) is 3.27. The first-order valence-corrected chi connectivity index (χ1v) is 12.1. The van der Waals surface area contributed by atoms with E-state index in [0.717, 1.165) is 0 Å². The van der Waals surface area contributed by atoms with Crippen LogP contribution in [-0.2, 0) is 23.9 Å². The van der Waals surface area contributed by atoms with Gasteiger partial charge in [0.25, 0.3) is 0 Å². The lowest BCUT2D eigenvalue weighted by Crippen LogP contribution is -2.61. The first kappa shape index (κ1) is 26.4. The second-order valence-electron chi connectivity index (χ2n) is 11.1. The largest absolute Gasteiger partial charge is 0.465 e. The van der Waals surface area contributed by atoms with Crippen LogP contribution in [0.3, 0.4) is 0 Å². The number of hydrogen-bond donors (Lipinski definition) is 1. The van der Waals surface area contributed by atoms with Crippen molar-refractivity contribution in [3.63, 3.8) is 0 Å². The Morgan fingerprint density at radius 1 is 1.35 bits per heavy atom. The highest BCUT2D eigenvalue weighted by Gasteiger charge is 2.80. The van der Waals surface area contributed by atoms with Gasteiger partial charge in [-0.3, -0.25) is 14.4 Å². The van der Waals surface area contributed by atoms with Crippen molar-refractivity contribution in [1.82, 2.24) is 9.80 Å². The number of carbonyl (C=O) groups excluding carboxylic acids is 3. The highest BCUT2D eigenvalue weighted by atomic mass is 16.6. The minimum Gasteiger partial charge on any atom is -0.465 e. The SMILES string of the molecule is C=CCCOC(=O)[C@@H]1[C@H]2C(=O)N([C@H](C)CO)C(C(=O)N(CC=C)C(C)(C)C)C23CC(C)[C@@]1(C)O3. The molecular weight excluding hydrogens is 436 g/mol. The topological polar surface area (TPSA) is 96.4 Å². The first-order valence-electron chi connectivity index (χ1n) is 12.1. The van der Waals surface area contributed by atoms with Crippen molar-refractivity contribution in [1.29, 1.82) is 0 Å². The number of rotatable bonds is 9. The molecule has 0 aliphatic carbocycles. The smallest absolute Gasteiger partial charge is 0.312 e. The molecule has 3 unspecified atom stereocenters. The Labute approximate surface area is 202 Å². The number of nitrogens with zero attached hydrogens (tertiary/aromatic N) is 2. The van der Waals surface area contributed by atoms with Crippen LogP contribution in [0.1, 0.15) is 54.4 Å². The second kappa shape index (κ2) is 9.11. The quantitative estimate of drug-likeness (QED) is 0.312. The van der Waals surface area contributed by atoms with Crippen molar-refractivity contribution in [2.24, 2.45) is 17.8 Å². The van der Waals surface area contributed by atoms with E-state index in [1.165, 1.54) is 4.90 Å². The van der Waals surface area contributed by atoms with E-state index < -0.39 is 46.6 Å². The third-order valence-corrected chi connectivity index (χ3v) is 7.93. The van der Waals surface area contributed by atoms with E-state index in [-0.39, 0.29) is 30.9 Å². The van der Waals surface area contributed by atoms with E-state index in [1.807, 2.05) is 34.6 Å². The maximum atomic E-state index is 14.2. The Morgan fingerprint density at radius 3 is 2.53 bits per heavy atom. The molecule has 34 heavy (non-hydrogen) atoms. The van der Waals surface area contributed by atoms with Crippen molar-refractivity contribution < 1.29 is 29.0 Å². The van der Waals surface area contributed by atoms with Gasteiger partial charge in [0, 0.05) is 12.1 Å². The van der Waals surface area contributed by atoms with Crippen LogP contribution < -0.4 is 0 Å². The van der Waals surface area contributed by atoms with E-state index in [1.54, 1.807) is 24.0 Å². The van der Waals surface area contributed by atoms with Crippen molar-refractivity contribution in [2.45, 2.75) is 83.2 Å². The molecule has 3 heterocycles. The molecule has 3 saturated heterocycles.